The van der Waals surface area contributed by atoms with Crippen LogP contribution in [0.25, 0.3) is 0 Å². The summed E-state index contributed by atoms with van der Waals surface area (Å²) in [6.45, 7) is 5.36. The van der Waals surface area contributed by atoms with Crippen LogP contribution in [-0.4, -0.2) is 12.6 Å². The number of halogens is 1. The predicted octanol–water partition coefficient (Wildman–Crippen LogP) is 4.49. The Hall–Kier alpha value is -0.890. The van der Waals surface area contributed by atoms with E-state index in [2.05, 4.69) is 19.2 Å². The average molecular weight is 263 g/mol. The van der Waals surface area contributed by atoms with Crippen molar-refractivity contribution in [1.29, 1.82) is 0 Å². The van der Waals surface area contributed by atoms with Gasteiger partial charge in [-0.25, -0.2) is 4.39 Å². The van der Waals surface area contributed by atoms with Crippen LogP contribution < -0.4 is 5.32 Å². The highest BCUT2D eigenvalue weighted by atomic mass is 19.1. The Labute approximate surface area is 116 Å². The van der Waals surface area contributed by atoms with Gasteiger partial charge in [-0.15, -0.1) is 0 Å². The Kier molecular flexibility index (Phi) is 5.38. The number of benzene rings is 1. The molecular formula is C17H26FN. The number of nitrogens with one attached hydrogen (secondary N) is 1. The van der Waals surface area contributed by atoms with Gasteiger partial charge in [0.2, 0.25) is 0 Å². The number of hydrogen-bond donors (Lipinski definition) is 1. The Bertz CT molecular complexity index is 389. The fourth-order valence-corrected chi connectivity index (χ4v) is 3.20. The SMILES string of the molecule is CC(C)NCC1CCCCCC1c1ccccc1F. The first kappa shape index (κ1) is 14.5. The van der Waals surface area contributed by atoms with Crippen molar-refractivity contribution in [2.24, 2.45) is 5.92 Å². The van der Waals surface area contributed by atoms with Gasteiger partial charge in [-0.2, -0.15) is 0 Å². The van der Waals surface area contributed by atoms with Gasteiger partial charge in [0.05, 0.1) is 0 Å². The van der Waals surface area contributed by atoms with Crippen molar-refractivity contribution in [2.75, 3.05) is 6.54 Å². The van der Waals surface area contributed by atoms with Crippen LogP contribution in [0.2, 0.25) is 0 Å². The van der Waals surface area contributed by atoms with Crippen molar-refractivity contribution in [3.63, 3.8) is 0 Å². The van der Waals surface area contributed by atoms with E-state index in [9.17, 15) is 4.39 Å². The standard InChI is InChI=1S/C17H26FN/c1-13(2)19-12-14-8-4-3-5-9-15(14)16-10-6-7-11-17(16)18/h6-7,10-11,13-15,19H,3-5,8-9,12H2,1-2H3. The van der Waals surface area contributed by atoms with Crippen molar-refractivity contribution in [1.82, 2.24) is 5.32 Å². The molecule has 1 aromatic rings. The average Bonchev–Trinajstić information content (AvgIpc) is 2.62. The summed E-state index contributed by atoms with van der Waals surface area (Å²) in [4.78, 5) is 0. The summed E-state index contributed by atoms with van der Waals surface area (Å²) in [5.41, 5.74) is 0.931. The van der Waals surface area contributed by atoms with Crippen LogP contribution in [0.5, 0.6) is 0 Å². The summed E-state index contributed by atoms with van der Waals surface area (Å²) in [6, 6.07) is 7.85. The highest BCUT2D eigenvalue weighted by Crippen LogP contribution is 2.37. The molecule has 0 aliphatic heterocycles. The second-order valence-corrected chi connectivity index (χ2v) is 6.09. The first-order chi connectivity index (χ1) is 9.18. The van der Waals surface area contributed by atoms with Gasteiger partial charge < -0.3 is 5.32 Å². The van der Waals surface area contributed by atoms with Crippen LogP contribution >= 0.6 is 0 Å². The van der Waals surface area contributed by atoms with Crippen LogP contribution in [0.15, 0.2) is 24.3 Å². The highest BCUT2D eigenvalue weighted by molar-refractivity contribution is 5.23. The lowest BCUT2D eigenvalue weighted by Crippen LogP contribution is -2.31. The molecule has 19 heavy (non-hydrogen) atoms. The van der Waals surface area contributed by atoms with Crippen LogP contribution in [0.1, 0.15) is 57.4 Å². The normalized spacial score (nSPS) is 24.4. The Morgan fingerprint density at radius 2 is 1.89 bits per heavy atom. The maximum Gasteiger partial charge on any atom is 0.126 e. The van der Waals surface area contributed by atoms with Gasteiger partial charge in [0.15, 0.2) is 0 Å². The Morgan fingerprint density at radius 1 is 1.16 bits per heavy atom. The Balaban J connectivity index is 2.15. The van der Waals surface area contributed by atoms with Crippen LogP contribution in [-0.2, 0) is 0 Å². The molecule has 1 saturated carbocycles. The number of hydrogen-bond acceptors (Lipinski definition) is 1. The molecule has 2 atom stereocenters. The zero-order valence-corrected chi connectivity index (χ0v) is 12.2. The van der Waals surface area contributed by atoms with Crippen LogP contribution in [0.4, 0.5) is 4.39 Å². The fraction of sp³-hybridized carbons (Fsp3) is 0.647. The molecule has 1 fully saturated rings. The molecule has 1 aliphatic carbocycles. The Morgan fingerprint density at radius 3 is 2.63 bits per heavy atom. The molecule has 0 amide bonds. The second-order valence-electron chi connectivity index (χ2n) is 6.09. The summed E-state index contributed by atoms with van der Waals surface area (Å²) in [5.74, 6) is 0.931. The molecule has 0 spiro atoms. The molecular weight excluding hydrogens is 237 g/mol. The highest BCUT2D eigenvalue weighted by Gasteiger charge is 2.26. The van der Waals surface area contributed by atoms with Gasteiger partial charge in [0, 0.05) is 6.04 Å². The van der Waals surface area contributed by atoms with E-state index in [1.165, 1.54) is 25.7 Å². The van der Waals surface area contributed by atoms with Crippen molar-refractivity contribution < 1.29 is 4.39 Å². The zero-order valence-electron chi connectivity index (χ0n) is 12.2. The summed E-state index contributed by atoms with van der Waals surface area (Å²) in [6.07, 6.45) is 6.17. The van der Waals surface area contributed by atoms with E-state index in [1.807, 2.05) is 12.1 Å². The smallest absolute Gasteiger partial charge is 0.126 e. The fourth-order valence-electron chi connectivity index (χ4n) is 3.20. The molecule has 0 saturated heterocycles. The van der Waals surface area contributed by atoms with Gasteiger partial charge in [-0.05, 0) is 42.9 Å². The topological polar surface area (TPSA) is 12.0 Å². The molecule has 1 aromatic carbocycles. The molecule has 2 heteroatoms. The molecule has 2 rings (SSSR count). The molecule has 106 valence electrons. The van der Waals surface area contributed by atoms with Crippen molar-refractivity contribution in [3.05, 3.63) is 35.6 Å². The van der Waals surface area contributed by atoms with E-state index >= 15 is 0 Å². The zero-order chi connectivity index (χ0) is 13.7. The third kappa shape index (κ3) is 4.04. The van der Waals surface area contributed by atoms with E-state index in [0.717, 1.165) is 18.5 Å². The molecule has 2 unspecified atom stereocenters. The van der Waals surface area contributed by atoms with E-state index in [0.29, 0.717) is 17.9 Å². The quantitative estimate of drug-likeness (QED) is 0.789. The van der Waals surface area contributed by atoms with Gasteiger partial charge >= 0.3 is 0 Å². The molecule has 0 radical (unpaired) electrons. The maximum absolute atomic E-state index is 14.1. The van der Waals surface area contributed by atoms with Crippen molar-refractivity contribution >= 4 is 0 Å². The minimum Gasteiger partial charge on any atom is -0.314 e. The van der Waals surface area contributed by atoms with Crippen LogP contribution in [0, 0.1) is 11.7 Å². The van der Waals surface area contributed by atoms with Gasteiger partial charge in [-0.1, -0.05) is 51.3 Å². The summed E-state index contributed by atoms with van der Waals surface area (Å²) >= 11 is 0. The molecule has 1 aliphatic rings. The largest absolute Gasteiger partial charge is 0.314 e. The lowest BCUT2D eigenvalue weighted by Gasteiger charge is -2.27. The van der Waals surface area contributed by atoms with Gasteiger partial charge in [-0.3, -0.25) is 0 Å². The molecule has 1 N–H and O–H groups in total. The van der Waals surface area contributed by atoms with E-state index in [1.54, 1.807) is 12.1 Å². The lowest BCUT2D eigenvalue weighted by atomic mass is 9.82. The molecule has 0 aromatic heterocycles. The second kappa shape index (κ2) is 7.04. The monoisotopic (exact) mass is 263 g/mol. The third-order valence-corrected chi connectivity index (χ3v) is 4.25. The first-order valence-corrected chi connectivity index (χ1v) is 7.66. The first-order valence-electron chi connectivity index (χ1n) is 7.66. The number of rotatable bonds is 4. The van der Waals surface area contributed by atoms with Crippen molar-refractivity contribution in [2.45, 2.75) is 57.9 Å². The molecule has 0 heterocycles. The molecule has 0 bridgehead atoms. The third-order valence-electron chi connectivity index (χ3n) is 4.25. The van der Waals surface area contributed by atoms with Gasteiger partial charge in [0.1, 0.15) is 5.82 Å². The summed E-state index contributed by atoms with van der Waals surface area (Å²) in [7, 11) is 0. The maximum atomic E-state index is 14.1. The summed E-state index contributed by atoms with van der Waals surface area (Å²) < 4.78 is 14.1. The minimum absolute atomic E-state index is 0.0241. The summed E-state index contributed by atoms with van der Waals surface area (Å²) in [5, 5.41) is 3.54. The van der Waals surface area contributed by atoms with Crippen molar-refractivity contribution in [3.8, 4) is 0 Å². The minimum atomic E-state index is -0.0241. The molecule has 1 nitrogen and oxygen atoms in total. The lowest BCUT2D eigenvalue weighted by molar-refractivity contribution is 0.355. The predicted molar refractivity (Wildman–Crippen MR) is 78.9 cm³/mol. The van der Waals surface area contributed by atoms with E-state index in [-0.39, 0.29) is 5.82 Å². The van der Waals surface area contributed by atoms with Gasteiger partial charge in [0.25, 0.3) is 0 Å². The van der Waals surface area contributed by atoms with E-state index in [4.69, 9.17) is 0 Å². The van der Waals surface area contributed by atoms with E-state index < -0.39 is 0 Å². The van der Waals surface area contributed by atoms with Crippen LogP contribution in [0.3, 0.4) is 0 Å².